The molecule has 0 radical (unpaired) electrons. The molecule has 0 spiro atoms. The molecular formula is C21H23NO5. The van der Waals surface area contributed by atoms with Gasteiger partial charge in [-0.1, -0.05) is 13.0 Å². The van der Waals surface area contributed by atoms with Crippen molar-refractivity contribution in [2.45, 2.75) is 33.7 Å². The quantitative estimate of drug-likeness (QED) is 0.578. The summed E-state index contributed by atoms with van der Waals surface area (Å²) in [7, 11) is 0. The Balaban J connectivity index is 1.46. The van der Waals surface area contributed by atoms with Crippen molar-refractivity contribution in [2.75, 3.05) is 13.4 Å². The van der Waals surface area contributed by atoms with Crippen molar-refractivity contribution in [1.29, 1.82) is 0 Å². The van der Waals surface area contributed by atoms with Crippen LogP contribution in [0.25, 0.3) is 0 Å². The normalized spacial score (nSPS) is 19.8. The molecule has 27 heavy (non-hydrogen) atoms. The van der Waals surface area contributed by atoms with Crippen LogP contribution in [0, 0.1) is 25.7 Å². The van der Waals surface area contributed by atoms with Crippen molar-refractivity contribution in [1.82, 2.24) is 4.57 Å². The minimum absolute atomic E-state index is 0.0313. The first-order valence-electron chi connectivity index (χ1n) is 9.19. The van der Waals surface area contributed by atoms with Crippen molar-refractivity contribution >= 4 is 11.8 Å². The Morgan fingerprint density at radius 1 is 1.19 bits per heavy atom. The number of esters is 1. The molecule has 2 heterocycles. The first kappa shape index (κ1) is 17.6. The Morgan fingerprint density at radius 2 is 1.93 bits per heavy atom. The van der Waals surface area contributed by atoms with Crippen LogP contribution in [-0.2, 0) is 16.1 Å². The van der Waals surface area contributed by atoms with Crippen LogP contribution in [0.4, 0.5) is 0 Å². The summed E-state index contributed by atoms with van der Waals surface area (Å²) in [5, 5.41) is 0. The van der Waals surface area contributed by atoms with Gasteiger partial charge >= 0.3 is 5.97 Å². The Morgan fingerprint density at radius 3 is 2.67 bits per heavy atom. The molecule has 2 aliphatic rings. The summed E-state index contributed by atoms with van der Waals surface area (Å²) in [6.07, 6.45) is 0.858. The third kappa shape index (κ3) is 3.44. The highest BCUT2D eigenvalue weighted by Crippen LogP contribution is 2.38. The van der Waals surface area contributed by atoms with E-state index in [2.05, 4.69) is 4.57 Å². The van der Waals surface area contributed by atoms with Crippen molar-refractivity contribution < 1.29 is 23.8 Å². The third-order valence-corrected chi connectivity index (χ3v) is 5.41. The summed E-state index contributed by atoms with van der Waals surface area (Å²) < 4.78 is 18.1. The first-order chi connectivity index (χ1) is 12.9. The van der Waals surface area contributed by atoms with Gasteiger partial charge in [0.15, 0.2) is 18.1 Å². The largest absolute Gasteiger partial charge is 0.457 e. The smallest absolute Gasteiger partial charge is 0.309 e. The summed E-state index contributed by atoms with van der Waals surface area (Å²) in [5.74, 6) is 1.41. The molecule has 1 aliphatic heterocycles. The predicted molar refractivity (Wildman–Crippen MR) is 98.1 cm³/mol. The number of rotatable bonds is 6. The molecule has 1 saturated carbocycles. The van der Waals surface area contributed by atoms with Gasteiger partial charge in [0.05, 0.1) is 5.92 Å². The number of aryl methyl sites for hydroxylation is 1. The summed E-state index contributed by atoms with van der Waals surface area (Å²) in [5.41, 5.74) is 3.51. The Bertz CT molecular complexity index is 914. The van der Waals surface area contributed by atoms with Gasteiger partial charge in [-0.05, 0) is 49.9 Å². The minimum Gasteiger partial charge on any atom is -0.457 e. The monoisotopic (exact) mass is 369 g/mol. The van der Waals surface area contributed by atoms with E-state index in [1.807, 2.05) is 45.0 Å². The van der Waals surface area contributed by atoms with Crippen LogP contribution < -0.4 is 9.47 Å². The number of nitrogens with zero attached hydrogens (tertiary/aromatic N) is 1. The maximum atomic E-state index is 12.5. The van der Waals surface area contributed by atoms with E-state index in [-0.39, 0.29) is 31.1 Å². The van der Waals surface area contributed by atoms with Crippen molar-refractivity contribution in [2.24, 2.45) is 11.8 Å². The lowest BCUT2D eigenvalue weighted by atomic mass is 10.1. The number of carbonyl (C=O) groups is 2. The molecule has 0 amide bonds. The van der Waals surface area contributed by atoms with Crippen LogP contribution in [0.2, 0.25) is 0 Å². The van der Waals surface area contributed by atoms with Gasteiger partial charge in [-0.15, -0.1) is 0 Å². The van der Waals surface area contributed by atoms with E-state index < -0.39 is 0 Å². The molecular weight excluding hydrogens is 346 g/mol. The van der Waals surface area contributed by atoms with Gasteiger partial charge in [0.25, 0.3) is 0 Å². The second-order valence-electron chi connectivity index (χ2n) is 7.41. The summed E-state index contributed by atoms with van der Waals surface area (Å²) in [6.45, 7) is 6.57. The number of aromatic nitrogens is 1. The van der Waals surface area contributed by atoms with E-state index in [9.17, 15) is 9.59 Å². The lowest BCUT2D eigenvalue weighted by Crippen LogP contribution is -2.16. The fourth-order valence-corrected chi connectivity index (χ4v) is 3.52. The third-order valence-electron chi connectivity index (χ3n) is 5.41. The fraction of sp³-hybridized carbons (Fsp3) is 0.429. The highest BCUT2D eigenvalue weighted by Gasteiger charge is 2.40. The average molecular weight is 369 g/mol. The van der Waals surface area contributed by atoms with Crippen LogP contribution in [0.1, 0.15) is 40.7 Å². The number of benzene rings is 1. The number of ketones is 1. The number of fused-ring (bicyclic) bond motifs is 1. The molecule has 4 rings (SSSR count). The van der Waals surface area contributed by atoms with Crippen LogP contribution in [0.3, 0.4) is 0 Å². The summed E-state index contributed by atoms with van der Waals surface area (Å²) >= 11 is 0. The Kier molecular flexibility index (Phi) is 4.42. The molecule has 1 fully saturated rings. The van der Waals surface area contributed by atoms with E-state index in [4.69, 9.17) is 14.2 Å². The van der Waals surface area contributed by atoms with Crippen LogP contribution in [-0.4, -0.2) is 29.7 Å². The van der Waals surface area contributed by atoms with E-state index >= 15 is 0 Å². The number of carbonyl (C=O) groups excluding carboxylic acids is 2. The summed E-state index contributed by atoms with van der Waals surface area (Å²) in [4.78, 5) is 24.4. The van der Waals surface area contributed by atoms with Crippen LogP contribution in [0.5, 0.6) is 11.5 Å². The maximum Gasteiger partial charge on any atom is 0.309 e. The molecule has 2 atom stereocenters. The first-order valence-corrected chi connectivity index (χ1v) is 9.19. The lowest BCUT2D eigenvalue weighted by molar-refractivity contribution is -0.144. The van der Waals surface area contributed by atoms with Crippen molar-refractivity contribution in [3.63, 3.8) is 0 Å². The highest BCUT2D eigenvalue weighted by molar-refractivity contribution is 5.99. The average Bonchev–Trinajstić information content (AvgIpc) is 3.09. The summed E-state index contributed by atoms with van der Waals surface area (Å²) in [6, 6.07) is 7.71. The number of hydrogen-bond acceptors (Lipinski definition) is 5. The zero-order valence-corrected chi connectivity index (χ0v) is 15.8. The maximum absolute atomic E-state index is 12.5. The molecule has 0 saturated heterocycles. The number of hydrogen-bond donors (Lipinski definition) is 0. The van der Waals surface area contributed by atoms with E-state index in [0.29, 0.717) is 18.0 Å². The van der Waals surface area contributed by atoms with Crippen LogP contribution >= 0.6 is 0 Å². The molecule has 1 aromatic heterocycles. The lowest BCUT2D eigenvalue weighted by Gasteiger charge is -2.11. The molecule has 2 aromatic rings. The standard InChI is InChI=1S/C21H23NO5/c1-12-6-16(12)21(24)25-10-18(23)17-7-13(2)22(14(17)3)9-15-4-5-19-20(8-15)27-11-26-19/h4-5,7-8,12,16H,6,9-11H2,1-3H3/t12-,16-/m0/s1. The van der Waals surface area contributed by atoms with Crippen LogP contribution in [0.15, 0.2) is 24.3 Å². The van der Waals surface area contributed by atoms with Gasteiger partial charge in [-0.3, -0.25) is 9.59 Å². The fourth-order valence-electron chi connectivity index (χ4n) is 3.52. The predicted octanol–water partition coefficient (Wildman–Crippen LogP) is 3.26. The molecule has 0 N–H and O–H groups in total. The molecule has 6 nitrogen and oxygen atoms in total. The van der Waals surface area contributed by atoms with Gasteiger partial charge in [-0.25, -0.2) is 0 Å². The molecule has 0 unspecified atom stereocenters. The molecule has 1 aromatic carbocycles. The van der Waals surface area contributed by atoms with Gasteiger partial charge in [0.2, 0.25) is 12.6 Å². The van der Waals surface area contributed by atoms with Gasteiger partial charge in [0, 0.05) is 23.5 Å². The second-order valence-corrected chi connectivity index (χ2v) is 7.41. The molecule has 1 aliphatic carbocycles. The Hall–Kier alpha value is -2.76. The van der Waals surface area contributed by atoms with Gasteiger partial charge in [-0.2, -0.15) is 0 Å². The number of ether oxygens (including phenoxy) is 3. The van der Waals surface area contributed by atoms with Gasteiger partial charge in [0.1, 0.15) is 0 Å². The number of Topliss-reactive ketones (excluding diaryl/α,β-unsaturated/α-hetero) is 1. The van der Waals surface area contributed by atoms with E-state index in [1.54, 1.807) is 0 Å². The highest BCUT2D eigenvalue weighted by atomic mass is 16.7. The van der Waals surface area contributed by atoms with E-state index in [0.717, 1.165) is 34.9 Å². The minimum atomic E-state index is -0.259. The van der Waals surface area contributed by atoms with Crippen molar-refractivity contribution in [3.05, 3.63) is 46.8 Å². The molecule has 142 valence electrons. The second kappa shape index (κ2) is 6.76. The topological polar surface area (TPSA) is 66.8 Å². The zero-order chi connectivity index (χ0) is 19.1. The molecule has 0 bridgehead atoms. The van der Waals surface area contributed by atoms with E-state index in [1.165, 1.54) is 0 Å². The Labute approximate surface area is 158 Å². The van der Waals surface area contributed by atoms with Gasteiger partial charge < -0.3 is 18.8 Å². The molecule has 6 heteroatoms. The SMILES string of the molecule is Cc1cc(C(=O)COC(=O)[C@H]2C[C@@H]2C)c(C)n1Cc1ccc2c(c1)OCO2. The zero-order valence-electron chi connectivity index (χ0n) is 15.8. The van der Waals surface area contributed by atoms with Crippen molar-refractivity contribution in [3.8, 4) is 11.5 Å².